The van der Waals surface area contributed by atoms with Crippen LogP contribution in [0.4, 0.5) is 0 Å². The predicted molar refractivity (Wildman–Crippen MR) is 51.0 cm³/mol. The van der Waals surface area contributed by atoms with Crippen LogP contribution in [0.5, 0.6) is 0 Å². The van der Waals surface area contributed by atoms with E-state index in [9.17, 15) is 0 Å². The Morgan fingerprint density at radius 1 is 1.50 bits per heavy atom. The highest BCUT2D eigenvalue weighted by Gasteiger charge is 2.32. The maximum Gasteiger partial charge on any atom is 0.0561 e. The average Bonchev–Trinajstić information content (AvgIpc) is 2.61. The molecule has 0 aromatic heterocycles. The Kier molecular flexibility index (Phi) is 3.53. The molecule has 1 aliphatic carbocycles. The lowest BCUT2D eigenvalue weighted by atomic mass is 10.2. The first-order valence-electron chi connectivity index (χ1n) is 4.96. The van der Waals surface area contributed by atoms with E-state index < -0.39 is 0 Å². The number of hydrogen-bond acceptors (Lipinski definition) is 2. The van der Waals surface area contributed by atoms with Crippen LogP contribution in [0.3, 0.4) is 0 Å². The van der Waals surface area contributed by atoms with E-state index in [4.69, 9.17) is 10.5 Å². The van der Waals surface area contributed by atoms with Gasteiger partial charge < -0.3 is 10.5 Å². The molecule has 4 atom stereocenters. The van der Waals surface area contributed by atoms with E-state index in [1.807, 2.05) is 6.92 Å². The highest BCUT2D eigenvalue weighted by molar-refractivity contribution is 4.82. The fraction of sp³-hybridized carbons (Fsp3) is 1.00. The van der Waals surface area contributed by atoms with Crippen LogP contribution < -0.4 is 5.73 Å². The molecule has 0 aliphatic heterocycles. The van der Waals surface area contributed by atoms with E-state index in [1.54, 1.807) is 0 Å². The molecular weight excluding hydrogens is 150 g/mol. The van der Waals surface area contributed by atoms with Gasteiger partial charge in [-0.15, -0.1) is 0 Å². The van der Waals surface area contributed by atoms with Gasteiger partial charge in [-0.05, 0) is 38.5 Å². The summed E-state index contributed by atoms with van der Waals surface area (Å²) in [5.41, 5.74) is 5.66. The van der Waals surface area contributed by atoms with Crippen LogP contribution in [0.2, 0.25) is 0 Å². The second-order valence-corrected chi connectivity index (χ2v) is 4.33. The fourth-order valence-electron chi connectivity index (χ4n) is 1.51. The highest BCUT2D eigenvalue weighted by Crippen LogP contribution is 2.37. The standard InChI is InChI=1S/C10H21NO/c1-7-4-10(7)6-12-9(3)5-8(2)11/h7-10H,4-6,11H2,1-3H3. The summed E-state index contributed by atoms with van der Waals surface area (Å²) in [6, 6.07) is 0.261. The molecular formula is C10H21NO. The van der Waals surface area contributed by atoms with Crippen molar-refractivity contribution in [1.82, 2.24) is 0 Å². The second kappa shape index (κ2) is 4.24. The van der Waals surface area contributed by atoms with Gasteiger partial charge in [-0.2, -0.15) is 0 Å². The molecule has 0 heterocycles. The second-order valence-electron chi connectivity index (χ2n) is 4.33. The molecule has 0 bridgehead atoms. The van der Waals surface area contributed by atoms with Crippen LogP contribution in [0.1, 0.15) is 33.6 Å². The van der Waals surface area contributed by atoms with Crippen LogP contribution in [0.25, 0.3) is 0 Å². The first kappa shape index (κ1) is 10.0. The monoisotopic (exact) mass is 171 g/mol. The summed E-state index contributed by atoms with van der Waals surface area (Å²) in [6.45, 7) is 7.36. The largest absolute Gasteiger partial charge is 0.378 e. The molecule has 0 aromatic carbocycles. The summed E-state index contributed by atoms with van der Waals surface area (Å²) in [5.74, 6) is 1.73. The van der Waals surface area contributed by atoms with Crippen LogP contribution in [-0.4, -0.2) is 18.8 Å². The van der Waals surface area contributed by atoms with Gasteiger partial charge in [-0.25, -0.2) is 0 Å². The molecule has 0 saturated heterocycles. The van der Waals surface area contributed by atoms with Crippen LogP contribution in [-0.2, 0) is 4.74 Å². The summed E-state index contributed by atoms with van der Waals surface area (Å²) in [6.07, 6.45) is 2.66. The van der Waals surface area contributed by atoms with Crippen LogP contribution >= 0.6 is 0 Å². The Hall–Kier alpha value is -0.0800. The molecule has 1 saturated carbocycles. The Morgan fingerprint density at radius 3 is 2.50 bits per heavy atom. The Bertz CT molecular complexity index is 136. The molecule has 1 aliphatic rings. The first-order valence-corrected chi connectivity index (χ1v) is 4.96. The van der Waals surface area contributed by atoms with Crippen molar-refractivity contribution in [2.24, 2.45) is 17.6 Å². The van der Waals surface area contributed by atoms with Gasteiger partial charge in [0.25, 0.3) is 0 Å². The van der Waals surface area contributed by atoms with Crippen LogP contribution in [0.15, 0.2) is 0 Å². The summed E-state index contributed by atoms with van der Waals surface area (Å²) >= 11 is 0. The number of rotatable bonds is 5. The summed E-state index contributed by atoms with van der Waals surface area (Å²) < 4.78 is 5.67. The third-order valence-electron chi connectivity index (χ3n) is 2.57. The lowest BCUT2D eigenvalue weighted by Crippen LogP contribution is -2.23. The molecule has 2 heteroatoms. The zero-order valence-corrected chi connectivity index (χ0v) is 8.42. The van der Waals surface area contributed by atoms with Crippen molar-refractivity contribution in [3.63, 3.8) is 0 Å². The summed E-state index contributed by atoms with van der Waals surface area (Å²) in [7, 11) is 0. The lowest BCUT2D eigenvalue weighted by molar-refractivity contribution is 0.0476. The topological polar surface area (TPSA) is 35.2 Å². The van der Waals surface area contributed by atoms with E-state index >= 15 is 0 Å². The van der Waals surface area contributed by atoms with Crippen molar-refractivity contribution in [3.05, 3.63) is 0 Å². The van der Waals surface area contributed by atoms with E-state index in [1.165, 1.54) is 6.42 Å². The van der Waals surface area contributed by atoms with Gasteiger partial charge in [-0.1, -0.05) is 6.92 Å². The average molecular weight is 171 g/mol. The Labute approximate surface area is 75.5 Å². The number of ether oxygens (including phenoxy) is 1. The van der Waals surface area contributed by atoms with Gasteiger partial charge in [0.15, 0.2) is 0 Å². The molecule has 0 aromatic rings. The van der Waals surface area contributed by atoms with Crippen molar-refractivity contribution in [2.45, 2.75) is 45.8 Å². The molecule has 4 unspecified atom stereocenters. The van der Waals surface area contributed by atoms with E-state index in [2.05, 4.69) is 13.8 Å². The van der Waals surface area contributed by atoms with Gasteiger partial charge in [0.1, 0.15) is 0 Å². The SMILES string of the molecule is CC(N)CC(C)OCC1CC1C. The van der Waals surface area contributed by atoms with E-state index in [0.29, 0.717) is 6.10 Å². The Balaban J connectivity index is 1.98. The normalized spacial score (nSPS) is 33.0. The van der Waals surface area contributed by atoms with Crippen molar-refractivity contribution in [3.8, 4) is 0 Å². The molecule has 2 N–H and O–H groups in total. The molecule has 72 valence electrons. The van der Waals surface area contributed by atoms with Crippen molar-refractivity contribution in [2.75, 3.05) is 6.61 Å². The van der Waals surface area contributed by atoms with Gasteiger partial charge in [0.05, 0.1) is 12.7 Å². The third-order valence-corrected chi connectivity index (χ3v) is 2.57. The number of hydrogen-bond donors (Lipinski definition) is 1. The minimum absolute atomic E-state index is 0.261. The lowest BCUT2D eigenvalue weighted by Gasteiger charge is -2.14. The van der Waals surface area contributed by atoms with Gasteiger partial charge in [0, 0.05) is 6.04 Å². The van der Waals surface area contributed by atoms with E-state index in [0.717, 1.165) is 24.9 Å². The minimum Gasteiger partial charge on any atom is -0.378 e. The van der Waals surface area contributed by atoms with E-state index in [-0.39, 0.29) is 6.04 Å². The Morgan fingerprint density at radius 2 is 2.08 bits per heavy atom. The maximum absolute atomic E-state index is 5.67. The minimum atomic E-state index is 0.261. The summed E-state index contributed by atoms with van der Waals surface area (Å²) in [5, 5.41) is 0. The molecule has 2 nitrogen and oxygen atoms in total. The molecule has 0 spiro atoms. The molecule has 1 fully saturated rings. The number of nitrogens with two attached hydrogens (primary N) is 1. The maximum atomic E-state index is 5.67. The third kappa shape index (κ3) is 3.55. The highest BCUT2D eigenvalue weighted by atomic mass is 16.5. The zero-order valence-electron chi connectivity index (χ0n) is 8.42. The molecule has 1 rings (SSSR count). The van der Waals surface area contributed by atoms with Crippen molar-refractivity contribution < 1.29 is 4.74 Å². The summed E-state index contributed by atoms with van der Waals surface area (Å²) in [4.78, 5) is 0. The first-order chi connectivity index (χ1) is 5.59. The van der Waals surface area contributed by atoms with Gasteiger partial charge in [-0.3, -0.25) is 0 Å². The molecule has 0 amide bonds. The predicted octanol–water partition coefficient (Wildman–Crippen LogP) is 1.78. The molecule has 12 heavy (non-hydrogen) atoms. The van der Waals surface area contributed by atoms with Crippen molar-refractivity contribution >= 4 is 0 Å². The fourth-order valence-corrected chi connectivity index (χ4v) is 1.51. The molecule has 0 radical (unpaired) electrons. The van der Waals surface area contributed by atoms with Crippen molar-refractivity contribution in [1.29, 1.82) is 0 Å². The quantitative estimate of drug-likeness (QED) is 0.684. The van der Waals surface area contributed by atoms with Crippen LogP contribution in [0, 0.1) is 11.8 Å². The zero-order chi connectivity index (χ0) is 9.14. The van der Waals surface area contributed by atoms with Gasteiger partial charge >= 0.3 is 0 Å². The van der Waals surface area contributed by atoms with Gasteiger partial charge in [0.2, 0.25) is 0 Å². The smallest absolute Gasteiger partial charge is 0.0561 e.